The van der Waals surface area contributed by atoms with E-state index in [4.69, 9.17) is 5.73 Å². The highest BCUT2D eigenvalue weighted by molar-refractivity contribution is 5.79. The van der Waals surface area contributed by atoms with E-state index >= 15 is 0 Å². The van der Waals surface area contributed by atoms with Crippen LogP contribution in [0.2, 0.25) is 0 Å². The number of nitrogens with one attached hydrogen (secondary N) is 1. The van der Waals surface area contributed by atoms with Crippen LogP contribution in [-0.4, -0.2) is 21.5 Å². The first kappa shape index (κ1) is 13.3. The third-order valence-corrected chi connectivity index (χ3v) is 2.75. The zero-order valence-electron chi connectivity index (χ0n) is 11.0. The quantitative estimate of drug-likeness (QED) is 0.882. The van der Waals surface area contributed by atoms with Gasteiger partial charge in [0.25, 0.3) is 0 Å². The van der Waals surface area contributed by atoms with E-state index in [-0.39, 0.29) is 30.1 Å². The maximum absolute atomic E-state index is 13.2. The summed E-state index contributed by atoms with van der Waals surface area (Å²) in [5.41, 5.74) is 7.02. The van der Waals surface area contributed by atoms with E-state index in [1.54, 1.807) is 10.6 Å². The predicted octanol–water partition coefficient (Wildman–Crippen LogP) is 1.67. The maximum Gasteiger partial charge on any atom is 0.221 e. The molecule has 0 spiro atoms. The third kappa shape index (κ3) is 3.01. The van der Waals surface area contributed by atoms with Gasteiger partial charge in [-0.2, -0.15) is 0 Å². The standard InChI is InChI=1S/C13H17FN4O/c1-8(2)16-12(19)5-6-18-11-7-9(14)3-4-10(11)17-13(18)15/h3-4,7-8H,5-6H2,1-2H3,(H2,15,17)(H,16,19). The van der Waals surface area contributed by atoms with Gasteiger partial charge in [-0.3, -0.25) is 4.79 Å². The topological polar surface area (TPSA) is 72.9 Å². The van der Waals surface area contributed by atoms with E-state index in [1.165, 1.54) is 12.1 Å². The zero-order chi connectivity index (χ0) is 14.0. The van der Waals surface area contributed by atoms with Crippen LogP contribution >= 0.6 is 0 Å². The number of rotatable bonds is 4. The van der Waals surface area contributed by atoms with Gasteiger partial charge in [-0.25, -0.2) is 9.37 Å². The molecule has 5 nitrogen and oxygen atoms in total. The van der Waals surface area contributed by atoms with Crippen molar-refractivity contribution in [1.29, 1.82) is 0 Å². The summed E-state index contributed by atoms with van der Waals surface area (Å²) < 4.78 is 14.9. The number of hydrogen-bond donors (Lipinski definition) is 2. The molecule has 0 saturated heterocycles. The average molecular weight is 264 g/mol. The van der Waals surface area contributed by atoms with Gasteiger partial charge < -0.3 is 15.6 Å². The van der Waals surface area contributed by atoms with Crippen LogP contribution in [0.5, 0.6) is 0 Å². The lowest BCUT2D eigenvalue weighted by Crippen LogP contribution is -2.30. The molecule has 0 atom stereocenters. The second kappa shape index (κ2) is 5.26. The van der Waals surface area contributed by atoms with Crippen LogP contribution in [0.25, 0.3) is 11.0 Å². The second-order valence-electron chi connectivity index (χ2n) is 4.73. The van der Waals surface area contributed by atoms with Crippen LogP contribution in [0.1, 0.15) is 20.3 Å². The molecule has 2 rings (SSSR count). The molecule has 0 aliphatic rings. The Morgan fingerprint density at radius 3 is 2.95 bits per heavy atom. The number of nitrogens with zero attached hydrogens (tertiary/aromatic N) is 2. The molecule has 1 aromatic heterocycles. The molecule has 0 fully saturated rings. The van der Waals surface area contributed by atoms with Gasteiger partial charge in [0, 0.05) is 19.0 Å². The van der Waals surface area contributed by atoms with Crippen molar-refractivity contribution in [2.75, 3.05) is 5.73 Å². The SMILES string of the molecule is CC(C)NC(=O)CCn1c(N)nc2ccc(F)cc21. The van der Waals surface area contributed by atoms with E-state index in [9.17, 15) is 9.18 Å². The molecular formula is C13H17FN4O. The molecule has 3 N–H and O–H groups in total. The summed E-state index contributed by atoms with van der Waals surface area (Å²) in [6.45, 7) is 4.17. The molecule has 1 aromatic carbocycles. The first-order valence-electron chi connectivity index (χ1n) is 6.18. The Morgan fingerprint density at radius 1 is 1.53 bits per heavy atom. The zero-order valence-corrected chi connectivity index (χ0v) is 11.0. The molecule has 2 aromatic rings. The van der Waals surface area contributed by atoms with Crippen LogP contribution in [0, 0.1) is 5.82 Å². The van der Waals surface area contributed by atoms with Crippen molar-refractivity contribution in [3.05, 3.63) is 24.0 Å². The molecular weight excluding hydrogens is 247 g/mol. The van der Waals surface area contributed by atoms with Crippen molar-refractivity contribution < 1.29 is 9.18 Å². The summed E-state index contributed by atoms with van der Waals surface area (Å²) in [4.78, 5) is 15.7. The normalized spacial score (nSPS) is 11.2. The van der Waals surface area contributed by atoms with Crippen molar-refractivity contribution in [3.8, 4) is 0 Å². The van der Waals surface area contributed by atoms with E-state index in [2.05, 4.69) is 10.3 Å². The number of amides is 1. The van der Waals surface area contributed by atoms with Crippen LogP contribution < -0.4 is 11.1 Å². The first-order chi connectivity index (χ1) is 8.97. The summed E-state index contributed by atoms with van der Waals surface area (Å²) in [6, 6.07) is 4.39. The Hall–Kier alpha value is -2.11. The summed E-state index contributed by atoms with van der Waals surface area (Å²) in [6.07, 6.45) is 0.282. The highest BCUT2D eigenvalue weighted by Crippen LogP contribution is 2.19. The van der Waals surface area contributed by atoms with Crippen LogP contribution in [0.4, 0.5) is 10.3 Å². The van der Waals surface area contributed by atoms with Gasteiger partial charge in [0.05, 0.1) is 11.0 Å². The number of imidazole rings is 1. The van der Waals surface area contributed by atoms with Crippen molar-refractivity contribution >= 4 is 22.9 Å². The number of fused-ring (bicyclic) bond motifs is 1. The Morgan fingerprint density at radius 2 is 2.26 bits per heavy atom. The van der Waals surface area contributed by atoms with Crippen LogP contribution in [-0.2, 0) is 11.3 Å². The molecule has 102 valence electrons. The highest BCUT2D eigenvalue weighted by atomic mass is 19.1. The number of halogens is 1. The molecule has 0 saturated carbocycles. The van der Waals surface area contributed by atoms with Crippen LogP contribution in [0.3, 0.4) is 0 Å². The fraction of sp³-hybridized carbons (Fsp3) is 0.385. The average Bonchev–Trinajstić information content (AvgIpc) is 2.61. The van der Waals surface area contributed by atoms with Crippen molar-refractivity contribution in [1.82, 2.24) is 14.9 Å². The monoisotopic (exact) mass is 264 g/mol. The molecule has 0 aliphatic heterocycles. The molecule has 1 amide bonds. The van der Waals surface area contributed by atoms with E-state index < -0.39 is 0 Å². The van der Waals surface area contributed by atoms with Gasteiger partial charge >= 0.3 is 0 Å². The number of benzene rings is 1. The van der Waals surface area contributed by atoms with Crippen molar-refractivity contribution in [3.63, 3.8) is 0 Å². The smallest absolute Gasteiger partial charge is 0.221 e. The number of nitrogen functional groups attached to an aromatic ring is 1. The van der Waals surface area contributed by atoms with Gasteiger partial charge in [-0.05, 0) is 32.0 Å². The van der Waals surface area contributed by atoms with Crippen molar-refractivity contribution in [2.45, 2.75) is 32.9 Å². The summed E-state index contributed by atoms with van der Waals surface area (Å²) in [7, 11) is 0. The molecule has 0 aliphatic carbocycles. The molecule has 0 unspecified atom stereocenters. The van der Waals surface area contributed by atoms with E-state index in [0.717, 1.165) is 0 Å². The summed E-state index contributed by atoms with van der Waals surface area (Å²) in [5, 5.41) is 2.80. The molecule has 0 bridgehead atoms. The molecule has 19 heavy (non-hydrogen) atoms. The molecule has 0 radical (unpaired) electrons. The number of carbonyl (C=O) groups excluding carboxylic acids is 1. The lowest BCUT2D eigenvalue weighted by atomic mass is 10.3. The first-order valence-corrected chi connectivity index (χ1v) is 6.18. The predicted molar refractivity (Wildman–Crippen MR) is 72.0 cm³/mol. The number of aromatic nitrogens is 2. The second-order valence-corrected chi connectivity index (χ2v) is 4.73. The van der Waals surface area contributed by atoms with Gasteiger partial charge in [0.2, 0.25) is 11.9 Å². The summed E-state index contributed by atoms with van der Waals surface area (Å²) in [5.74, 6) is -0.120. The number of carbonyl (C=O) groups is 1. The van der Waals surface area contributed by atoms with E-state index in [1.807, 2.05) is 13.8 Å². The largest absolute Gasteiger partial charge is 0.369 e. The minimum atomic E-state index is -0.347. The van der Waals surface area contributed by atoms with E-state index in [0.29, 0.717) is 17.6 Å². The van der Waals surface area contributed by atoms with Gasteiger partial charge in [0.1, 0.15) is 5.82 Å². The van der Waals surface area contributed by atoms with Crippen molar-refractivity contribution in [2.24, 2.45) is 0 Å². The highest BCUT2D eigenvalue weighted by Gasteiger charge is 2.11. The number of nitrogens with two attached hydrogens (primary N) is 1. The number of hydrogen-bond acceptors (Lipinski definition) is 3. The molecule has 1 heterocycles. The fourth-order valence-corrected chi connectivity index (χ4v) is 1.96. The van der Waals surface area contributed by atoms with Gasteiger partial charge in [-0.1, -0.05) is 0 Å². The Kier molecular flexibility index (Phi) is 3.69. The minimum absolute atomic E-state index is 0.0624. The maximum atomic E-state index is 13.2. The number of aryl methyl sites for hydroxylation is 1. The fourth-order valence-electron chi connectivity index (χ4n) is 1.96. The summed E-state index contributed by atoms with van der Waals surface area (Å²) >= 11 is 0. The Labute approximate surface area is 110 Å². The van der Waals surface area contributed by atoms with Crippen LogP contribution in [0.15, 0.2) is 18.2 Å². The van der Waals surface area contributed by atoms with Gasteiger partial charge in [0.15, 0.2) is 0 Å². The minimum Gasteiger partial charge on any atom is -0.369 e. The Balaban J connectivity index is 2.18. The molecule has 6 heteroatoms. The van der Waals surface area contributed by atoms with Gasteiger partial charge in [-0.15, -0.1) is 0 Å². The lowest BCUT2D eigenvalue weighted by molar-refractivity contribution is -0.121. The third-order valence-electron chi connectivity index (χ3n) is 2.75. The lowest BCUT2D eigenvalue weighted by Gasteiger charge is -2.09. The Bertz CT molecular complexity index is 606. The number of anilines is 1.